The van der Waals surface area contributed by atoms with Crippen LogP contribution in [0.4, 0.5) is 4.39 Å². The lowest BCUT2D eigenvalue weighted by molar-refractivity contribution is 0.0936. The first-order valence-electron chi connectivity index (χ1n) is 8.87. The van der Waals surface area contributed by atoms with E-state index in [0.717, 1.165) is 16.9 Å². The van der Waals surface area contributed by atoms with Gasteiger partial charge in [-0.3, -0.25) is 4.79 Å². The zero-order chi connectivity index (χ0) is 19.7. The molecule has 1 amide bonds. The molecule has 0 radical (unpaired) electrons. The van der Waals surface area contributed by atoms with Gasteiger partial charge in [0.05, 0.1) is 23.6 Å². The van der Waals surface area contributed by atoms with Crippen LogP contribution in [0, 0.1) is 19.7 Å². The van der Waals surface area contributed by atoms with Crippen LogP contribution in [0.5, 0.6) is 0 Å². The summed E-state index contributed by atoms with van der Waals surface area (Å²) in [6.45, 7) is 9.48. The van der Waals surface area contributed by atoms with Gasteiger partial charge in [-0.15, -0.1) is 0 Å². The molecule has 0 aliphatic carbocycles. The quantitative estimate of drug-likeness (QED) is 0.729. The third-order valence-electron chi connectivity index (χ3n) is 4.57. The molecular formula is C20H23FN4O2. The zero-order valence-electron chi connectivity index (χ0n) is 16.1. The number of carbonyl (C=O) groups excluding carboxylic acids is 1. The van der Waals surface area contributed by atoms with Crippen molar-refractivity contribution in [3.8, 4) is 5.69 Å². The van der Waals surface area contributed by atoms with E-state index in [1.54, 1.807) is 29.9 Å². The average molecular weight is 370 g/mol. The van der Waals surface area contributed by atoms with Crippen LogP contribution in [-0.4, -0.2) is 20.8 Å². The van der Waals surface area contributed by atoms with Gasteiger partial charge in [0.1, 0.15) is 11.4 Å². The molecule has 27 heavy (non-hydrogen) atoms. The number of benzene rings is 1. The molecule has 2 heterocycles. The molecule has 7 heteroatoms. The summed E-state index contributed by atoms with van der Waals surface area (Å²) < 4.78 is 20.2. The number of aromatic nitrogens is 3. The Labute approximate surface area is 157 Å². The lowest BCUT2D eigenvalue weighted by Gasteiger charge is -2.15. The van der Waals surface area contributed by atoms with E-state index in [9.17, 15) is 9.18 Å². The van der Waals surface area contributed by atoms with Crippen LogP contribution in [0.1, 0.15) is 65.8 Å². The molecule has 0 aliphatic heterocycles. The van der Waals surface area contributed by atoms with Crippen LogP contribution in [-0.2, 0) is 0 Å². The molecule has 0 spiro atoms. The number of hydrogen-bond donors (Lipinski definition) is 1. The third kappa shape index (κ3) is 3.63. The van der Waals surface area contributed by atoms with Gasteiger partial charge in [-0.25, -0.2) is 9.07 Å². The third-order valence-corrected chi connectivity index (χ3v) is 4.57. The zero-order valence-corrected chi connectivity index (χ0v) is 16.1. The summed E-state index contributed by atoms with van der Waals surface area (Å²) in [6, 6.07) is 5.85. The minimum atomic E-state index is -0.297. The van der Waals surface area contributed by atoms with Gasteiger partial charge in [0.2, 0.25) is 0 Å². The number of carbonyl (C=O) groups is 1. The highest BCUT2D eigenvalue weighted by Gasteiger charge is 2.25. The Hall–Kier alpha value is -2.96. The van der Waals surface area contributed by atoms with E-state index in [4.69, 9.17) is 4.52 Å². The number of aryl methyl sites for hydroxylation is 1. The Morgan fingerprint density at radius 2 is 1.85 bits per heavy atom. The number of nitrogens with one attached hydrogen (secondary N) is 1. The highest BCUT2D eigenvalue weighted by atomic mass is 19.1. The van der Waals surface area contributed by atoms with Gasteiger partial charge in [-0.05, 0) is 45.0 Å². The minimum Gasteiger partial charge on any atom is -0.360 e. The van der Waals surface area contributed by atoms with Crippen molar-refractivity contribution in [3.63, 3.8) is 0 Å². The van der Waals surface area contributed by atoms with Crippen LogP contribution in [0.3, 0.4) is 0 Å². The maximum Gasteiger partial charge on any atom is 0.257 e. The lowest BCUT2D eigenvalue weighted by Crippen LogP contribution is -2.28. The Morgan fingerprint density at radius 3 is 2.48 bits per heavy atom. The molecule has 1 aromatic carbocycles. The Balaban J connectivity index is 1.83. The van der Waals surface area contributed by atoms with Crippen molar-refractivity contribution in [2.24, 2.45) is 0 Å². The summed E-state index contributed by atoms with van der Waals surface area (Å²) >= 11 is 0. The molecule has 1 N–H and O–H groups in total. The minimum absolute atomic E-state index is 0.0604. The Morgan fingerprint density at radius 1 is 1.19 bits per heavy atom. The van der Waals surface area contributed by atoms with E-state index >= 15 is 0 Å². The predicted molar refractivity (Wildman–Crippen MR) is 99.5 cm³/mol. The van der Waals surface area contributed by atoms with Crippen LogP contribution in [0.25, 0.3) is 5.69 Å². The van der Waals surface area contributed by atoms with E-state index in [0.29, 0.717) is 17.0 Å². The standard InChI is InChI=1S/C20H23FN4O2/c1-11(2)19-18(13(4)24-27-19)20(26)23-12(3)17-10-22-25(14(17)5)16-8-6-15(21)7-9-16/h6-12H,1-5H3,(H,23,26). The second-order valence-electron chi connectivity index (χ2n) is 6.93. The summed E-state index contributed by atoms with van der Waals surface area (Å²) in [5.74, 6) is 0.120. The number of halogens is 1. The van der Waals surface area contributed by atoms with E-state index in [1.165, 1.54) is 12.1 Å². The van der Waals surface area contributed by atoms with Gasteiger partial charge in [0, 0.05) is 17.2 Å². The van der Waals surface area contributed by atoms with Crippen molar-refractivity contribution < 1.29 is 13.7 Å². The number of rotatable bonds is 5. The Kier molecular flexibility index (Phi) is 5.12. The van der Waals surface area contributed by atoms with Crippen molar-refractivity contribution in [3.05, 3.63) is 64.6 Å². The van der Waals surface area contributed by atoms with Crippen molar-refractivity contribution in [1.29, 1.82) is 0 Å². The van der Waals surface area contributed by atoms with Crippen molar-refractivity contribution in [2.45, 2.75) is 46.6 Å². The topological polar surface area (TPSA) is 73.0 Å². The molecule has 6 nitrogen and oxygen atoms in total. The largest absolute Gasteiger partial charge is 0.360 e. The maximum atomic E-state index is 13.1. The molecule has 2 aromatic heterocycles. The SMILES string of the molecule is Cc1noc(C(C)C)c1C(=O)NC(C)c1cnn(-c2ccc(F)cc2)c1C. The highest BCUT2D eigenvalue weighted by Crippen LogP contribution is 2.24. The molecule has 142 valence electrons. The summed E-state index contributed by atoms with van der Waals surface area (Å²) in [5, 5.41) is 11.3. The summed E-state index contributed by atoms with van der Waals surface area (Å²) in [5.41, 5.74) is 3.58. The second kappa shape index (κ2) is 7.34. The Bertz CT molecular complexity index is 957. The van der Waals surface area contributed by atoms with Crippen molar-refractivity contribution >= 4 is 5.91 Å². The van der Waals surface area contributed by atoms with Crippen LogP contribution in [0.2, 0.25) is 0 Å². The number of nitrogens with zero attached hydrogens (tertiary/aromatic N) is 3. The highest BCUT2D eigenvalue weighted by molar-refractivity contribution is 5.96. The fourth-order valence-corrected chi connectivity index (χ4v) is 3.09. The van der Waals surface area contributed by atoms with E-state index < -0.39 is 0 Å². The van der Waals surface area contributed by atoms with Gasteiger partial charge >= 0.3 is 0 Å². The molecule has 0 bridgehead atoms. The first kappa shape index (κ1) is 18.8. The van der Waals surface area contributed by atoms with Gasteiger partial charge in [-0.2, -0.15) is 5.10 Å². The molecule has 1 atom stereocenters. The molecule has 3 rings (SSSR count). The molecule has 0 aliphatic rings. The van der Waals surface area contributed by atoms with E-state index in [1.807, 2.05) is 27.7 Å². The molecule has 0 saturated carbocycles. The van der Waals surface area contributed by atoms with Crippen molar-refractivity contribution in [2.75, 3.05) is 0 Å². The summed E-state index contributed by atoms with van der Waals surface area (Å²) in [4.78, 5) is 12.8. The van der Waals surface area contributed by atoms with Crippen LogP contribution < -0.4 is 5.32 Å². The van der Waals surface area contributed by atoms with Crippen LogP contribution in [0.15, 0.2) is 35.0 Å². The van der Waals surface area contributed by atoms with Crippen molar-refractivity contribution in [1.82, 2.24) is 20.3 Å². The second-order valence-corrected chi connectivity index (χ2v) is 6.93. The number of amides is 1. The lowest BCUT2D eigenvalue weighted by atomic mass is 10.0. The van der Waals surface area contributed by atoms with Crippen LogP contribution >= 0.6 is 0 Å². The molecule has 3 aromatic rings. The molecular weight excluding hydrogens is 347 g/mol. The van der Waals surface area contributed by atoms with Gasteiger partial charge in [0.15, 0.2) is 5.76 Å². The van der Waals surface area contributed by atoms with Gasteiger partial charge in [0.25, 0.3) is 5.91 Å². The molecule has 1 unspecified atom stereocenters. The molecule has 0 saturated heterocycles. The van der Waals surface area contributed by atoms with E-state index in [2.05, 4.69) is 15.6 Å². The van der Waals surface area contributed by atoms with Gasteiger partial charge < -0.3 is 9.84 Å². The smallest absolute Gasteiger partial charge is 0.257 e. The first-order chi connectivity index (χ1) is 12.8. The average Bonchev–Trinajstić information content (AvgIpc) is 3.18. The summed E-state index contributed by atoms with van der Waals surface area (Å²) in [6.07, 6.45) is 1.72. The monoisotopic (exact) mass is 370 g/mol. The normalized spacial score (nSPS) is 12.4. The predicted octanol–water partition coefficient (Wildman–Crippen LogP) is 4.23. The van der Waals surface area contributed by atoms with E-state index in [-0.39, 0.29) is 23.7 Å². The maximum absolute atomic E-state index is 13.1. The molecule has 0 fully saturated rings. The van der Waals surface area contributed by atoms with Gasteiger partial charge in [-0.1, -0.05) is 19.0 Å². The number of hydrogen-bond acceptors (Lipinski definition) is 4. The summed E-state index contributed by atoms with van der Waals surface area (Å²) in [7, 11) is 0. The fraction of sp³-hybridized carbons (Fsp3) is 0.350. The fourth-order valence-electron chi connectivity index (χ4n) is 3.09. The first-order valence-corrected chi connectivity index (χ1v) is 8.87.